The van der Waals surface area contributed by atoms with Gasteiger partial charge >= 0.3 is 5.97 Å². The first-order valence-corrected chi connectivity index (χ1v) is 12.1. The minimum Gasteiger partial charge on any atom is -0.461 e. The van der Waals surface area contributed by atoms with Crippen molar-refractivity contribution in [3.63, 3.8) is 0 Å². The molecule has 1 aliphatic rings. The van der Waals surface area contributed by atoms with E-state index in [-0.39, 0.29) is 36.4 Å². The van der Waals surface area contributed by atoms with E-state index in [4.69, 9.17) is 4.74 Å². The van der Waals surface area contributed by atoms with Gasteiger partial charge in [0.25, 0.3) is 0 Å². The van der Waals surface area contributed by atoms with Gasteiger partial charge in [0.2, 0.25) is 11.8 Å². The van der Waals surface area contributed by atoms with Crippen LogP contribution in [0.25, 0.3) is 10.2 Å². The van der Waals surface area contributed by atoms with Crippen LogP contribution >= 0.6 is 11.3 Å². The molecule has 1 aromatic carbocycles. The van der Waals surface area contributed by atoms with Crippen molar-refractivity contribution in [3.8, 4) is 0 Å². The molecule has 0 unspecified atom stereocenters. The number of aromatic nitrogens is 1. The highest BCUT2D eigenvalue weighted by molar-refractivity contribution is 7.19. The predicted octanol–water partition coefficient (Wildman–Crippen LogP) is 4.56. The summed E-state index contributed by atoms with van der Waals surface area (Å²) >= 11 is 1.56. The Morgan fingerprint density at radius 1 is 1.03 bits per heavy atom. The Kier molecular flexibility index (Phi) is 6.83. The zero-order valence-electron chi connectivity index (χ0n) is 19.4. The fourth-order valence-corrected chi connectivity index (χ4v) is 5.75. The Morgan fingerprint density at radius 3 is 2.38 bits per heavy atom. The van der Waals surface area contributed by atoms with Crippen LogP contribution in [0, 0.1) is 0 Å². The van der Waals surface area contributed by atoms with E-state index >= 15 is 0 Å². The largest absolute Gasteiger partial charge is 0.461 e. The maximum absolute atomic E-state index is 13.0. The Hall–Kier alpha value is -3.46. The summed E-state index contributed by atoms with van der Waals surface area (Å²) in [5.74, 6) is -1.27. The molecule has 0 saturated heterocycles. The lowest BCUT2D eigenvalue weighted by atomic mass is 9.96. The van der Waals surface area contributed by atoms with Crippen molar-refractivity contribution < 1.29 is 23.9 Å². The standard InChI is InChI=1S/C25H27N3O5S/c1-4-33-25(32)23-22(26-15(3)30)21-18-7-5-6-8-19(18)34-24(21)28(23)13-20(31)27-17-11-9-16(10-12-17)14(2)29/h9-12H,4-8,13H2,1-3H3,(H,26,30)(H,27,31). The molecule has 0 saturated carbocycles. The molecule has 178 valence electrons. The number of anilines is 2. The van der Waals surface area contributed by atoms with Crippen LogP contribution in [0.1, 0.15) is 64.9 Å². The molecule has 0 aliphatic heterocycles. The van der Waals surface area contributed by atoms with Crippen LogP contribution in [0.4, 0.5) is 11.4 Å². The number of benzene rings is 1. The Balaban J connectivity index is 1.76. The van der Waals surface area contributed by atoms with Crippen molar-refractivity contribution in [2.75, 3.05) is 17.2 Å². The van der Waals surface area contributed by atoms with Gasteiger partial charge in [0.05, 0.1) is 12.3 Å². The minimum absolute atomic E-state index is 0.0566. The maximum Gasteiger partial charge on any atom is 0.357 e. The summed E-state index contributed by atoms with van der Waals surface area (Å²) in [6.45, 7) is 4.64. The first-order valence-electron chi connectivity index (χ1n) is 11.3. The molecule has 0 atom stereocenters. The summed E-state index contributed by atoms with van der Waals surface area (Å²) in [6, 6.07) is 6.63. The normalized spacial score (nSPS) is 12.8. The molecule has 2 heterocycles. The van der Waals surface area contributed by atoms with Gasteiger partial charge in [0.1, 0.15) is 11.4 Å². The average Bonchev–Trinajstić information content (AvgIpc) is 3.29. The van der Waals surface area contributed by atoms with Gasteiger partial charge in [0, 0.05) is 28.4 Å². The van der Waals surface area contributed by atoms with Crippen molar-refractivity contribution in [2.45, 2.75) is 53.0 Å². The number of carbonyl (C=O) groups is 4. The van der Waals surface area contributed by atoms with E-state index in [0.717, 1.165) is 41.5 Å². The lowest BCUT2D eigenvalue weighted by molar-refractivity contribution is -0.116. The Bertz CT molecular complexity index is 1290. The van der Waals surface area contributed by atoms with Crippen LogP contribution in [-0.4, -0.2) is 34.7 Å². The molecule has 9 heteroatoms. The zero-order chi connectivity index (χ0) is 24.4. The topological polar surface area (TPSA) is 106 Å². The number of carbonyl (C=O) groups excluding carboxylic acids is 4. The third-order valence-corrected chi connectivity index (χ3v) is 7.12. The molecule has 0 bridgehead atoms. The van der Waals surface area contributed by atoms with Crippen molar-refractivity contribution in [1.29, 1.82) is 0 Å². The van der Waals surface area contributed by atoms with E-state index in [9.17, 15) is 19.2 Å². The number of Topliss-reactive ketones (excluding diaryl/α,β-unsaturated/α-hetero) is 1. The van der Waals surface area contributed by atoms with Gasteiger partial charge in [-0.1, -0.05) is 0 Å². The van der Waals surface area contributed by atoms with Gasteiger partial charge in [0.15, 0.2) is 11.5 Å². The number of nitrogens with zero attached hydrogens (tertiary/aromatic N) is 1. The number of fused-ring (bicyclic) bond motifs is 3. The Labute approximate surface area is 201 Å². The number of rotatable bonds is 7. The van der Waals surface area contributed by atoms with Crippen molar-refractivity contribution in [1.82, 2.24) is 4.57 Å². The molecule has 2 N–H and O–H groups in total. The summed E-state index contributed by atoms with van der Waals surface area (Å²) in [7, 11) is 0. The summed E-state index contributed by atoms with van der Waals surface area (Å²) in [5.41, 5.74) is 2.83. The van der Waals surface area contributed by atoms with Gasteiger partial charge in [-0.25, -0.2) is 4.79 Å². The van der Waals surface area contributed by atoms with Crippen LogP contribution in [0.15, 0.2) is 24.3 Å². The number of esters is 1. The number of nitrogens with one attached hydrogen (secondary N) is 2. The number of hydrogen-bond donors (Lipinski definition) is 2. The third-order valence-electron chi connectivity index (χ3n) is 5.80. The van der Waals surface area contributed by atoms with Gasteiger partial charge in [-0.05, 0) is 69.4 Å². The third kappa shape index (κ3) is 4.61. The molecular weight excluding hydrogens is 454 g/mol. The smallest absolute Gasteiger partial charge is 0.357 e. The second kappa shape index (κ2) is 9.80. The molecule has 2 aromatic heterocycles. The quantitative estimate of drug-likeness (QED) is 0.380. The van der Waals surface area contributed by atoms with Crippen LogP contribution < -0.4 is 10.6 Å². The van der Waals surface area contributed by atoms with E-state index in [2.05, 4.69) is 10.6 Å². The molecule has 4 rings (SSSR count). The highest BCUT2D eigenvalue weighted by Gasteiger charge is 2.31. The monoisotopic (exact) mass is 481 g/mol. The summed E-state index contributed by atoms with van der Waals surface area (Å²) < 4.78 is 6.95. The first-order chi connectivity index (χ1) is 16.3. The van der Waals surface area contributed by atoms with E-state index in [1.54, 1.807) is 47.1 Å². The van der Waals surface area contributed by atoms with Gasteiger partial charge in [-0.2, -0.15) is 0 Å². The van der Waals surface area contributed by atoms with Crippen LogP contribution in [-0.2, 0) is 33.7 Å². The van der Waals surface area contributed by atoms with E-state index in [0.29, 0.717) is 16.9 Å². The van der Waals surface area contributed by atoms with E-state index < -0.39 is 5.97 Å². The van der Waals surface area contributed by atoms with Gasteiger partial charge in [-0.3, -0.25) is 14.4 Å². The molecule has 0 spiro atoms. The number of ketones is 1. The van der Waals surface area contributed by atoms with Gasteiger partial charge < -0.3 is 19.9 Å². The lowest BCUT2D eigenvalue weighted by Gasteiger charge is -2.14. The Morgan fingerprint density at radius 2 is 1.74 bits per heavy atom. The molecule has 1 aliphatic carbocycles. The van der Waals surface area contributed by atoms with Crippen molar-refractivity contribution >= 4 is 56.5 Å². The fourth-order valence-electron chi connectivity index (χ4n) is 4.35. The fraction of sp³-hybridized carbons (Fsp3) is 0.360. The number of hydrogen-bond acceptors (Lipinski definition) is 6. The number of thiophene rings is 1. The summed E-state index contributed by atoms with van der Waals surface area (Å²) in [5, 5.41) is 6.49. The number of ether oxygens (including phenoxy) is 1. The van der Waals surface area contributed by atoms with E-state index in [1.165, 1.54) is 18.7 Å². The molecular formula is C25H27N3O5S. The highest BCUT2D eigenvalue weighted by atomic mass is 32.1. The predicted molar refractivity (Wildman–Crippen MR) is 132 cm³/mol. The van der Waals surface area contributed by atoms with Crippen LogP contribution in [0.3, 0.4) is 0 Å². The first kappa shape index (κ1) is 23.7. The molecule has 34 heavy (non-hydrogen) atoms. The second-order valence-corrected chi connectivity index (χ2v) is 9.37. The summed E-state index contributed by atoms with van der Waals surface area (Å²) in [4.78, 5) is 51.6. The van der Waals surface area contributed by atoms with Crippen LogP contribution in [0.2, 0.25) is 0 Å². The average molecular weight is 482 g/mol. The second-order valence-electron chi connectivity index (χ2n) is 8.28. The lowest BCUT2D eigenvalue weighted by Crippen LogP contribution is -2.23. The summed E-state index contributed by atoms with van der Waals surface area (Å²) in [6.07, 6.45) is 3.93. The SMILES string of the molecule is CCOC(=O)c1c(NC(C)=O)c2c3c(sc2n1CC(=O)Nc1ccc(C(C)=O)cc1)CCCC3. The number of aryl methyl sites for hydroxylation is 2. The molecule has 0 radical (unpaired) electrons. The maximum atomic E-state index is 13.0. The molecule has 3 aromatic rings. The highest BCUT2D eigenvalue weighted by Crippen LogP contribution is 2.44. The van der Waals surface area contributed by atoms with Crippen molar-refractivity contribution in [2.24, 2.45) is 0 Å². The molecule has 0 fully saturated rings. The van der Waals surface area contributed by atoms with E-state index in [1.807, 2.05) is 0 Å². The number of amides is 2. The minimum atomic E-state index is -0.585. The molecule has 2 amide bonds. The molecule has 8 nitrogen and oxygen atoms in total. The van der Waals surface area contributed by atoms with Crippen LogP contribution in [0.5, 0.6) is 0 Å². The van der Waals surface area contributed by atoms with Gasteiger partial charge in [-0.15, -0.1) is 11.3 Å². The van der Waals surface area contributed by atoms with Crippen molar-refractivity contribution in [3.05, 3.63) is 46.0 Å². The zero-order valence-corrected chi connectivity index (χ0v) is 20.3.